The van der Waals surface area contributed by atoms with Crippen LogP contribution < -0.4 is 10.2 Å². The summed E-state index contributed by atoms with van der Waals surface area (Å²) >= 11 is 0. The number of hydrogen-bond donors (Lipinski definition) is 3. The maximum Gasteiger partial charge on any atom is 0.275 e. The first-order valence-corrected chi connectivity index (χ1v) is 7.48. The summed E-state index contributed by atoms with van der Waals surface area (Å²) < 4.78 is 0. The SMILES string of the molecule is O=C(C[NH+]1CCCC1)NCCc1c[nH]c2ccccc12. The maximum atomic E-state index is 11.9. The van der Waals surface area contributed by atoms with E-state index in [1.807, 2.05) is 12.3 Å². The van der Waals surface area contributed by atoms with E-state index < -0.39 is 0 Å². The van der Waals surface area contributed by atoms with E-state index in [0.717, 1.165) is 25.0 Å². The molecule has 0 spiro atoms. The molecule has 4 heteroatoms. The van der Waals surface area contributed by atoms with Crippen LogP contribution in [0.15, 0.2) is 30.5 Å². The van der Waals surface area contributed by atoms with E-state index in [2.05, 4.69) is 28.5 Å². The first-order chi connectivity index (χ1) is 9.83. The van der Waals surface area contributed by atoms with Gasteiger partial charge < -0.3 is 15.2 Å². The number of nitrogens with one attached hydrogen (secondary N) is 3. The number of likely N-dealkylation sites (tertiary alicyclic amines) is 1. The average molecular weight is 272 g/mol. The highest BCUT2D eigenvalue weighted by Gasteiger charge is 2.18. The van der Waals surface area contributed by atoms with Crippen LogP contribution in [0, 0.1) is 0 Å². The lowest BCUT2D eigenvalue weighted by Gasteiger charge is -2.11. The quantitative estimate of drug-likeness (QED) is 0.729. The lowest BCUT2D eigenvalue weighted by molar-refractivity contribution is -0.879. The number of amides is 1. The van der Waals surface area contributed by atoms with Crippen LogP contribution in [0.2, 0.25) is 0 Å². The van der Waals surface area contributed by atoms with E-state index in [-0.39, 0.29) is 5.91 Å². The van der Waals surface area contributed by atoms with Gasteiger partial charge >= 0.3 is 0 Å². The topological polar surface area (TPSA) is 49.3 Å². The van der Waals surface area contributed by atoms with Gasteiger partial charge in [-0.2, -0.15) is 0 Å². The molecule has 0 unspecified atom stereocenters. The molecule has 0 saturated carbocycles. The summed E-state index contributed by atoms with van der Waals surface area (Å²) in [6.07, 6.45) is 5.45. The normalized spacial score (nSPS) is 15.8. The Balaban J connectivity index is 1.48. The molecule has 106 valence electrons. The third-order valence-electron chi connectivity index (χ3n) is 4.11. The van der Waals surface area contributed by atoms with Crippen molar-refractivity contribution in [2.45, 2.75) is 19.3 Å². The van der Waals surface area contributed by atoms with Gasteiger partial charge in [0.05, 0.1) is 13.1 Å². The molecule has 3 rings (SSSR count). The summed E-state index contributed by atoms with van der Waals surface area (Å²) in [5.74, 6) is 0.182. The summed E-state index contributed by atoms with van der Waals surface area (Å²) in [5.41, 5.74) is 2.43. The molecule has 1 aliphatic rings. The lowest BCUT2D eigenvalue weighted by Crippen LogP contribution is -3.11. The Morgan fingerprint density at radius 1 is 1.25 bits per heavy atom. The lowest BCUT2D eigenvalue weighted by atomic mass is 10.1. The molecule has 0 atom stereocenters. The van der Waals surface area contributed by atoms with Gasteiger partial charge in [-0.25, -0.2) is 0 Å². The molecule has 1 aromatic carbocycles. The molecule has 3 N–H and O–H groups in total. The Kier molecular flexibility index (Phi) is 4.02. The Bertz CT molecular complexity index is 584. The molecule has 1 amide bonds. The number of carbonyl (C=O) groups is 1. The molecule has 2 aromatic rings. The van der Waals surface area contributed by atoms with Gasteiger partial charge in [0.15, 0.2) is 6.54 Å². The van der Waals surface area contributed by atoms with E-state index >= 15 is 0 Å². The first-order valence-electron chi connectivity index (χ1n) is 7.48. The molecule has 2 heterocycles. The number of H-pyrrole nitrogens is 1. The van der Waals surface area contributed by atoms with Crippen LogP contribution in [0.1, 0.15) is 18.4 Å². The fourth-order valence-corrected chi connectivity index (χ4v) is 3.02. The van der Waals surface area contributed by atoms with Crippen molar-refractivity contribution in [2.24, 2.45) is 0 Å². The standard InChI is InChI=1S/C16H21N3O/c20-16(12-19-9-3-4-10-19)17-8-7-13-11-18-15-6-2-1-5-14(13)15/h1-2,5-6,11,18H,3-4,7-10,12H2,(H,17,20)/p+1. The number of carbonyl (C=O) groups excluding carboxylic acids is 1. The average Bonchev–Trinajstić information content (AvgIpc) is 3.09. The molecule has 20 heavy (non-hydrogen) atoms. The zero-order chi connectivity index (χ0) is 13.8. The minimum atomic E-state index is 0.182. The number of hydrogen-bond acceptors (Lipinski definition) is 1. The van der Waals surface area contributed by atoms with Crippen molar-refractivity contribution in [3.8, 4) is 0 Å². The van der Waals surface area contributed by atoms with Gasteiger partial charge in [-0.15, -0.1) is 0 Å². The second kappa shape index (κ2) is 6.09. The number of aromatic amines is 1. The number of para-hydroxylation sites is 1. The molecule has 1 aliphatic heterocycles. The van der Waals surface area contributed by atoms with Crippen LogP contribution in [0.4, 0.5) is 0 Å². The third-order valence-corrected chi connectivity index (χ3v) is 4.11. The van der Waals surface area contributed by atoms with Crippen molar-refractivity contribution in [3.63, 3.8) is 0 Å². The number of aromatic nitrogens is 1. The molecule has 1 fully saturated rings. The number of fused-ring (bicyclic) bond motifs is 1. The molecule has 0 radical (unpaired) electrons. The van der Waals surface area contributed by atoms with Gasteiger partial charge in [0.1, 0.15) is 0 Å². The van der Waals surface area contributed by atoms with Gasteiger partial charge in [-0.3, -0.25) is 4.79 Å². The highest BCUT2D eigenvalue weighted by atomic mass is 16.2. The third kappa shape index (κ3) is 3.02. The van der Waals surface area contributed by atoms with Crippen LogP contribution in [0.5, 0.6) is 0 Å². The van der Waals surface area contributed by atoms with Gasteiger partial charge in [0.25, 0.3) is 5.91 Å². The molecule has 4 nitrogen and oxygen atoms in total. The van der Waals surface area contributed by atoms with Crippen molar-refractivity contribution in [1.29, 1.82) is 0 Å². The van der Waals surface area contributed by atoms with E-state index in [1.54, 1.807) is 0 Å². The van der Waals surface area contributed by atoms with E-state index in [9.17, 15) is 4.79 Å². The summed E-state index contributed by atoms with van der Waals surface area (Å²) in [4.78, 5) is 16.5. The highest BCUT2D eigenvalue weighted by Crippen LogP contribution is 2.17. The smallest absolute Gasteiger partial charge is 0.275 e. The molecule has 1 aromatic heterocycles. The maximum absolute atomic E-state index is 11.9. The van der Waals surface area contributed by atoms with Crippen molar-refractivity contribution in [2.75, 3.05) is 26.2 Å². The van der Waals surface area contributed by atoms with Crippen molar-refractivity contribution in [1.82, 2.24) is 10.3 Å². The summed E-state index contributed by atoms with van der Waals surface area (Å²) in [6.45, 7) is 3.65. The summed E-state index contributed by atoms with van der Waals surface area (Å²) in [5, 5.41) is 4.30. The largest absolute Gasteiger partial charge is 0.361 e. The predicted molar refractivity (Wildman–Crippen MR) is 79.8 cm³/mol. The molecular weight excluding hydrogens is 250 g/mol. The van der Waals surface area contributed by atoms with Crippen LogP contribution >= 0.6 is 0 Å². The van der Waals surface area contributed by atoms with Gasteiger partial charge in [0.2, 0.25) is 0 Å². The Hall–Kier alpha value is -1.81. The van der Waals surface area contributed by atoms with E-state index in [4.69, 9.17) is 0 Å². The van der Waals surface area contributed by atoms with Crippen molar-refractivity contribution in [3.05, 3.63) is 36.0 Å². The minimum absolute atomic E-state index is 0.182. The van der Waals surface area contributed by atoms with Crippen LogP contribution in [-0.4, -0.2) is 37.1 Å². The van der Waals surface area contributed by atoms with Crippen molar-refractivity contribution >= 4 is 16.8 Å². The molecule has 0 bridgehead atoms. The Labute approximate surface area is 119 Å². The number of quaternary nitrogens is 1. The number of rotatable bonds is 5. The van der Waals surface area contributed by atoms with Crippen molar-refractivity contribution < 1.29 is 9.69 Å². The second-order valence-corrected chi connectivity index (χ2v) is 5.59. The Morgan fingerprint density at radius 3 is 2.90 bits per heavy atom. The molecular formula is C16H22N3O+. The summed E-state index contributed by atoms with van der Waals surface area (Å²) in [7, 11) is 0. The number of benzene rings is 1. The van der Waals surface area contributed by atoms with Gasteiger partial charge in [-0.05, 0) is 18.1 Å². The zero-order valence-electron chi connectivity index (χ0n) is 11.7. The zero-order valence-corrected chi connectivity index (χ0v) is 11.7. The summed E-state index contributed by atoms with van der Waals surface area (Å²) in [6, 6.07) is 8.28. The molecule has 1 saturated heterocycles. The fourth-order valence-electron chi connectivity index (χ4n) is 3.02. The highest BCUT2D eigenvalue weighted by molar-refractivity contribution is 5.83. The van der Waals surface area contributed by atoms with E-state index in [1.165, 1.54) is 28.7 Å². The second-order valence-electron chi connectivity index (χ2n) is 5.59. The van der Waals surface area contributed by atoms with E-state index in [0.29, 0.717) is 13.1 Å². The van der Waals surface area contributed by atoms with Crippen LogP contribution in [-0.2, 0) is 11.2 Å². The van der Waals surface area contributed by atoms with Gasteiger partial charge in [-0.1, -0.05) is 18.2 Å². The predicted octanol–water partition coefficient (Wildman–Crippen LogP) is 0.505. The minimum Gasteiger partial charge on any atom is -0.361 e. The first kappa shape index (κ1) is 13.2. The Morgan fingerprint density at radius 2 is 2.05 bits per heavy atom. The molecule has 0 aliphatic carbocycles. The van der Waals surface area contributed by atoms with Gasteiger partial charge in [0, 0.05) is 36.5 Å². The fraction of sp³-hybridized carbons (Fsp3) is 0.438. The monoisotopic (exact) mass is 272 g/mol. The van der Waals surface area contributed by atoms with Crippen LogP contribution in [0.3, 0.4) is 0 Å². The van der Waals surface area contributed by atoms with Crippen LogP contribution in [0.25, 0.3) is 10.9 Å².